The van der Waals surface area contributed by atoms with Crippen LogP contribution in [0.15, 0.2) is 43.8 Å². The number of thioether (sulfide) groups is 1. The molecule has 0 fully saturated rings. The molecule has 4 rings (SSSR count). The van der Waals surface area contributed by atoms with E-state index in [2.05, 4.69) is 9.97 Å². The number of hydrogen-bond donors (Lipinski definition) is 0. The van der Waals surface area contributed by atoms with Crippen LogP contribution in [0.4, 0.5) is 0 Å². The highest BCUT2D eigenvalue weighted by Crippen LogP contribution is 2.25. The van der Waals surface area contributed by atoms with Crippen LogP contribution in [0.2, 0.25) is 5.02 Å². The van der Waals surface area contributed by atoms with E-state index in [0.29, 0.717) is 51.2 Å². The number of hydrogen-bond acceptors (Lipinski definition) is 6. The maximum absolute atomic E-state index is 12.6. The van der Waals surface area contributed by atoms with Crippen molar-refractivity contribution < 1.29 is 4.42 Å². The van der Waals surface area contributed by atoms with Gasteiger partial charge >= 0.3 is 5.69 Å². The van der Waals surface area contributed by atoms with Crippen molar-refractivity contribution in [3.05, 3.63) is 50.4 Å². The normalized spacial score (nSPS) is 11.7. The van der Waals surface area contributed by atoms with E-state index in [1.807, 2.05) is 0 Å². The Bertz CT molecular complexity index is 1270. The van der Waals surface area contributed by atoms with E-state index in [1.54, 1.807) is 36.9 Å². The van der Waals surface area contributed by atoms with E-state index in [0.717, 1.165) is 0 Å². The van der Waals surface area contributed by atoms with Gasteiger partial charge in [0, 0.05) is 31.4 Å². The van der Waals surface area contributed by atoms with Crippen molar-refractivity contribution in [3.8, 4) is 0 Å². The molecule has 140 valence electrons. The van der Waals surface area contributed by atoms with Gasteiger partial charge in [0.15, 0.2) is 16.7 Å². The van der Waals surface area contributed by atoms with Gasteiger partial charge < -0.3 is 8.98 Å². The topological polar surface area (TPSA) is 87.8 Å². The van der Waals surface area contributed by atoms with E-state index in [1.165, 1.54) is 27.2 Å². The zero-order valence-electron chi connectivity index (χ0n) is 14.7. The van der Waals surface area contributed by atoms with Crippen molar-refractivity contribution in [2.45, 2.75) is 18.2 Å². The van der Waals surface area contributed by atoms with Crippen molar-refractivity contribution in [2.24, 2.45) is 14.1 Å². The fourth-order valence-electron chi connectivity index (χ4n) is 2.92. The number of fused-ring (bicyclic) bond motifs is 2. The molecule has 0 N–H and O–H groups in total. The lowest BCUT2D eigenvalue weighted by molar-refractivity contribution is 0.489. The maximum Gasteiger partial charge on any atom is 0.332 e. The van der Waals surface area contributed by atoms with Gasteiger partial charge in [-0.05, 0) is 24.6 Å². The van der Waals surface area contributed by atoms with Crippen molar-refractivity contribution in [1.29, 1.82) is 0 Å². The van der Waals surface area contributed by atoms with Gasteiger partial charge in [-0.15, -0.1) is 0 Å². The Hall–Kier alpha value is -2.52. The smallest absolute Gasteiger partial charge is 0.332 e. The van der Waals surface area contributed by atoms with Gasteiger partial charge in [0.05, 0.1) is 6.33 Å². The van der Waals surface area contributed by atoms with Gasteiger partial charge in [0.25, 0.3) is 10.8 Å². The summed E-state index contributed by atoms with van der Waals surface area (Å²) in [5.74, 6) is 0.652. The molecular weight excluding hydrogens is 390 g/mol. The predicted octanol–water partition coefficient (Wildman–Crippen LogP) is 2.41. The molecule has 1 aromatic carbocycles. The molecule has 3 heterocycles. The van der Waals surface area contributed by atoms with E-state index in [4.69, 9.17) is 16.0 Å². The Labute approximate surface area is 162 Å². The molecule has 10 heteroatoms. The lowest BCUT2D eigenvalue weighted by Crippen LogP contribution is -2.39. The first-order chi connectivity index (χ1) is 13.0. The van der Waals surface area contributed by atoms with Crippen molar-refractivity contribution in [3.63, 3.8) is 0 Å². The van der Waals surface area contributed by atoms with Crippen LogP contribution in [-0.2, 0) is 20.6 Å². The molecule has 0 amide bonds. The Balaban J connectivity index is 1.49. The third-order valence-electron chi connectivity index (χ3n) is 4.28. The molecule has 8 nitrogen and oxygen atoms in total. The van der Waals surface area contributed by atoms with Crippen LogP contribution >= 0.6 is 23.4 Å². The molecule has 0 radical (unpaired) electrons. The fourth-order valence-corrected chi connectivity index (χ4v) is 3.84. The summed E-state index contributed by atoms with van der Waals surface area (Å²) in [6, 6.07) is 5.28. The molecule has 3 aromatic heterocycles. The van der Waals surface area contributed by atoms with E-state index in [9.17, 15) is 9.59 Å². The van der Waals surface area contributed by atoms with E-state index < -0.39 is 0 Å². The third-order valence-corrected chi connectivity index (χ3v) is 5.43. The molecule has 0 aliphatic rings. The summed E-state index contributed by atoms with van der Waals surface area (Å²) in [4.78, 5) is 33.6. The van der Waals surface area contributed by atoms with Crippen LogP contribution in [0.3, 0.4) is 0 Å². The molecule has 0 aliphatic heterocycles. The largest absolute Gasteiger partial charge is 0.431 e. The molecule has 0 saturated carbocycles. The van der Waals surface area contributed by atoms with Crippen LogP contribution in [0.5, 0.6) is 0 Å². The van der Waals surface area contributed by atoms with Crippen LogP contribution in [0.1, 0.15) is 6.42 Å². The van der Waals surface area contributed by atoms with Gasteiger partial charge in [0.2, 0.25) is 0 Å². The molecule has 27 heavy (non-hydrogen) atoms. The minimum Gasteiger partial charge on any atom is -0.431 e. The molecule has 0 atom stereocenters. The Morgan fingerprint density at radius 3 is 2.89 bits per heavy atom. The second kappa shape index (κ2) is 6.90. The predicted molar refractivity (Wildman–Crippen MR) is 105 cm³/mol. The second-order valence-corrected chi connectivity index (χ2v) is 7.60. The van der Waals surface area contributed by atoms with E-state index in [-0.39, 0.29) is 11.2 Å². The highest BCUT2D eigenvalue weighted by molar-refractivity contribution is 7.99. The first kappa shape index (κ1) is 17.9. The highest BCUT2D eigenvalue weighted by atomic mass is 35.5. The van der Waals surface area contributed by atoms with E-state index >= 15 is 0 Å². The minimum absolute atomic E-state index is 0.311. The monoisotopic (exact) mass is 405 g/mol. The summed E-state index contributed by atoms with van der Waals surface area (Å²) < 4.78 is 9.93. The summed E-state index contributed by atoms with van der Waals surface area (Å²) >= 11 is 7.38. The first-order valence-electron chi connectivity index (χ1n) is 8.25. The zero-order chi connectivity index (χ0) is 19.1. The molecule has 0 unspecified atom stereocenters. The first-order valence-corrected chi connectivity index (χ1v) is 9.62. The number of oxazole rings is 1. The Morgan fingerprint density at radius 1 is 1.26 bits per heavy atom. The number of halogens is 1. The van der Waals surface area contributed by atoms with Crippen molar-refractivity contribution in [1.82, 2.24) is 23.7 Å². The SMILES string of the molecule is Cn1cnc2c1c(=O)n(CCCSc1nc3cc(Cl)ccc3o1)c(=O)n2C. The summed E-state index contributed by atoms with van der Waals surface area (Å²) in [6.07, 6.45) is 2.15. The lowest BCUT2D eigenvalue weighted by Gasteiger charge is -2.08. The number of rotatable bonds is 5. The van der Waals surface area contributed by atoms with Crippen molar-refractivity contribution >= 4 is 45.6 Å². The van der Waals surface area contributed by atoms with Gasteiger partial charge in [-0.25, -0.2) is 14.8 Å². The lowest BCUT2D eigenvalue weighted by atomic mass is 10.3. The summed E-state index contributed by atoms with van der Waals surface area (Å²) in [5.41, 5.74) is 1.50. The molecule has 4 aromatic rings. The average molecular weight is 406 g/mol. The average Bonchev–Trinajstić information content (AvgIpc) is 3.22. The molecule has 0 spiro atoms. The summed E-state index contributed by atoms with van der Waals surface area (Å²) in [7, 11) is 3.35. The summed E-state index contributed by atoms with van der Waals surface area (Å²) in [6.45, 7) is 0.311. The van der Waals surface area contributed by atoms with Gasteiger partial charge in [-0.1, -0.05) is 23.4 Å². The molecule has 0 saturated heterocycles. The fraction of sp³-hybridized carbons (Fsp3) is 0.294. The van der Waals surface area contributed by atoms with Gasteiger partial charge in [-0.3, -0.25) is 13.9 Å². The quantitative estimate of drug-likeness (QED) is 0.374. The molecule has 0 bridgehead atoms. The third kappa shape index (κ3) is 3.17. The number of aryl methyl sites for hydroxylation is 2. The number of benzene rings is 1. The Kier molecular flexibility index (Phi) is 4.56. The van der Waals surface area contributed by atoms with Crippen molar-refractivity contribution in [2.75, 3.05) is 5.75 Å². The number of imidazole rings is 1. The van der Waals surface area contributed by atoms with Crippen LogP contribution in [0, 0.1) is 0 Å². The number of nitrogens with zero attached hydrogens (tertiary/aromatic N) is 5. The molecule has 0 aliphatic carbocycles. The second-order valence-electron chi connectivity index (χ2n) is 6.12. The maximum atomic E-state index is 12.6. The number of aromatic nitrogens is 5. The standard InChI is InChI=1S/C17H16ClN5O3S/c1-21-9-19-14-13(21)15(24)23(17(25)22(14)2)6-3-7-27-16-20-11-8-10(18)4-5-12(11)26-16/h4-5,8-9H,3,6-7H2,1-2H3. The highest BCUT2D eigenvalue weighted by Gasteiger charge is 2.14. The van der Waals surface area contributed by atoms with Crippen LogP contribution in [-0.4, -0.2) is 29.4 Å². The summed E-state index contributed by atoms with van der Waals surface area (Å²) in [5, 5.41) is 1.14. The van der Waals surface area contributed by atoms with Gasteiger partial charge in [0.1, 0.15) is 5.52 Å². The Morgan fingerprint density at radius 2 is 2.07 bits per heavy atom. The van der Waals surface area contributed by atoms with Crippen LogP contribution < -0.4 is 11.2 Å². The van der Waals surface area contributed by atoms with Crippen LogP contribution in [0.25, 0.3) is 22.3 Å². The molecular formula is C17H16ClN5O3S. The minimum atomic E-state index is -0.368. The zero-order valence-corrected chi connectivity index (χ0v) is 16.3. The van der Waals surface area contributed by atoms with Gasteiger partial charge in [-0.2, -0.15) is 0 Å².